The third-order valence-electron chi connectivity index (χ3n) is 2.78. The van der Waals surface area contributed by atoms with E-state index in [0.29, 0.717) is 23.9 Å². The van der Waals surface area contributed by atoms with Gasteiger partial charge in [0.1, 0.15) is 5.75 Å². The molecule has 0 bridgehead atoms. The summed E-state index contributed by atoms with van der Waals surface area (Å²) in [5, 5.41) is 5.99. The number of ether oxygens (including phenoxy) is 1. The molecule has 2 N–H and O–H groups in total. The molecule has 0 saturated carbocycles. The van der Waals surface area contributed by atoms with E-state index in [2.05, 4.69) is 10.6 Å². The van der Waals surface area contributed by atoms with Crippen molar-refractivity contribution in [2.75, 3.05) is 11.9 Å². The van der Waals surface area contributed by atoms with Crippen molar-refractivity contribution < 1.29 is 9.53 Å². The van der Waals surface area contributed by atoms with Gasteiger partial charge in [0, 0.05) is 6.54 Å². The van der Waals surface area contributed by atoms with Crippen molar-refractivity contribution in [3.05, 3.63) is 59.1 Å². The number of para-hydroxylation sites is 1. The van der Waals surface area contributed by atoms with Crippen LogP contribution in [0.25, 0.3) is 0 Å². The number of nitrogens with one attached hydrogen (secondary N) is 2. The topological polar surface area (TPSA) is 50.4 Å². The Balaban J connectivity index is 1.89. The smallest absolute Gasteiger partial charge is 0.319 e. The molecule has 0 spiro atoms. The van der Waals surface area contributed by atoms with Crippen molar-refractivity contribution in [2.45, 2.75) is 13.5 Å². The largest absolute Gasteiger partial charge is 0.494 e. The molecule has 0 aliphatic carbocycles. The zero-order valence-corrected chi connectivity index (χ0v) is 12.5. The van der Waals surface area contributed by atoms with Gasteiger partial charge in [0.2, 0.25) is 0 Å². The highest BCUT2D eigenvalue weighted by atomic mass is 35.5. The second-order valence-electron chi connectivity index (χ2n) is 4.37. The molecule has 0 saturated heterocycles. The molecule has 0 radical (unpaired) electrons. The van der Waals surface area contributed by atoms with E-state index in [1.54, 1.807) is 12.1 Å². The summed E-state index contributed by atoms with van der Waals surface area (Å²) in [6.45, 7) is 2.96. The minimum atomic E-state index is -0.301. The Labute approximate surface area is 129 Å². The highest BCUT2D eigenvalue weighted by Crippen LogP contribution is 2.20. The van der Waals surface area contributed by atoms with E-state index < -0.39 is 0 Å². The summed E-state index contributed by atoms with van der Waals surface area (Å²) in [5.41, 5.74) is 1.55. The molecule has 2 rings (SSSR count). The number of hydrogen-bond donors (Lipinski definition) is 2. The van der Waals surface area contributed by atoms with Gasteiger partial charge in [-0.2, -0.15) is 0 Å². The maximum atomic E-state index is 11.8. The van der Waals surface area contributed by atoms with Crippen LogP contribution in [-0.2, 0) is 6.54 Å². The zero-order valence-electron chi connectivity index (χ0n) is 11.7. The lowest BCUT2D eigenvalue weighted by molar-refractivity contribution is 0.251. The summed E-state index contributed by atoms with van der Waals surface area (Å²) in [5.74, 6) is 0.795. The first kappa shape index (κ1) is 15.2. The lowest BCUT2D eigenvalue weighted by Crippen LogP contribution is -2.28. The van der Waals surface area contributed by atoms with Crippen LogP contribution in [0.5, 0.6) is 5.75 Å². The molecule has 2 amide bonds. The molecular formula is C16H17ClN2O2. The molecule has 0 atom stereocenters. The first-order valence-corrected chi connectivity index (χ1v) is 7.08. The number of benzene rings is 2. The number of rotatable bonds is 5. The quantitative estimate of drug-likeness (QED) is 0.875. The summed E-state index contributed by atoms with van der Waals surface area (Å²) >= 11 is 5.98. The van der Waals surface area contributed by atoms with E-state index in [4.69, 9.17) is 16.3 Å². The maximum Gasteiger partial charge on any atom is 0.319 e. The number of amides is 2. The van der Waals surface area contributed by atoms with E-state index in [1.807, 2.05) is 43.3 Å². The van der Waals surface area contributed by atoms with Crippen LogP contribution in [0.1, 0.15) is 12.5 Å². The van der Waals surface area contributed by atoms with Gasteiger partial charge in [0.15, 0.2) is 0 Å². The number of urea groups is 1. The Bertz CT molecular complexity index is 617. The van der Waals surface area contributed by atoms with Gasteiger partial charge in [-0.3, -0.25) is 0 Å². The van der Waals surface area contributed by atoms with Crippen molar-refractivity contribution in [3.63, 3.8) is 0 Å². The Morgan fingerprint density at radius 3 is 2.76 bits per heavy atom. The predicted molar refractivity (Wildman–Crippen MR) is 84.9 cm³/mol. The van der Waals surface area contributed by atoms with Crippen LogP contribution >= 0.6 is 11.6 Å². The van der Waals surface area contributed by atoms with E-state index in [-0.39, 0.29) is 6.03 Å². The molecule has 4 nitrogen and oxygen atoms in total. The molecule has 2 aromatic carbocycles. The number of carbonyl (C=O) groups excluding carboxylic acids is 1. The normalized spacial score (nSPS) is 10.0. The fraction of sp³-hybridized carbons (Fsp3) is 0.188. The minimum absolute atomic E-state index is 0.301. The molecule has 0 aromatic heterocycles. The van der Waals surface area contributed by atoms with E-state index in [1.165, 1.54) is 0 Å². The van der Waals surface area contributed by atoms with Gasteiger partial charge in [0.05, 0.1) is 17.3 Å². The fourth-order valence-electron chi connectivity index (χ4n) is 1.82. The zero-order chi connectivity index (χ0) is 15.1. The third kappa shape index (κ3) is 4.68. The maximum absolute atomic E-state index is 11.8. The predicted octanol–water partition coefficient (Wildman–Crippen LogP) is 4.06. The van der Waals surface area contributed by atoms with E-state index in [0.717, 1.165) is 11.3 Å². The third-order valence-corrected chi connectivity index (χ3v) is 3.11. The first-order valence-electron chi connectivity index (χ1n) is 6.70. The highest BCUT2D eigenvalue weighted by molar-refractivity contribution is 6.33. The Hall–Kier alpha value is -2.20. The van der Waals surface area contributed by atoms with Crippen LogP contribution in [0.15, 0.2) is 48.5 Å². The van der Waals surface area contributed by atoms with Crippen LogP contribution in [0, 0.1) is 0 Å². The van der Waals surface area contributed by atoms with Crippen LogP contribution in [0.4, 0.5) is 10.5 Å². The van der Waals surface area contributed by atoms with E-state index in [9.17, 15) is 4.79 Å². The molecule has 0 aliphatic rings. The fourth-order valence-corrected chi connectivity index (χ4v) is 2.01. The second-order valence-corrected chi connectivity index (χ2v) is 4.78. The SMILES string of the molecule is CCOc1cccc(CNC(=O)Nc2ccccc2Cl)c1. The molecular weight excluding hydrogens is 288 g/mol. The van der Waals surface area contributed by atoms with Crippen molar-refractivity contribution in [1.29, 1.82) is 0 Å². The van der Waals surface area contributed by atoms with Gasteiger partial charge in [-0.25, -0.2) is 4.79 Å². The Morgan fingerprint density at radius 2 is 2.00 bits per heavy atom. The number of hydrogen-bond acceptors (Lipinski definition) is 2. The molecule has 0 fully saturated rings. The second kappa shape index (κ2) is 7.55. The summed E-state index contributed by atoms with van der Waals surface area (Å²) in [7, 11) is 0. The van der Waals surface area contributed by atoms with Gasteiger partial charge >= 0.3 is 6.03 Å². The highest BCUT2D eigenvalue weighted by Gasteiger charge is 2.05. The van der Waals surface area contributed by atoms with Gasteiger partial charge in [-0.15, -0.1) is 0 Å². The Morgan fingerprint density at radius 1 is 1.19 bits per heavy atom. The van der Waals surface area contributed by atoms with Crippen molar-refractivity contribution in [1.82, 2.24) is 5.32 Å². The van der Waals surface area contributed by atoms with Gasteiger partial charge in [0.25, 0.3) is 0 Å². The Kier molecular flexibility index (Phi) is 5.46. The van der Waals surface area contributed by atoms with Gasteiger partial charge in [-0.05, 0) is 36.8 Å². The van der Waals surface area contributed by atoms with Crippen molar-refractivity contribution in [2.24, 2.45) is 0 Å². The van der Waals surface area contributed by atoms with Crippen LogP contribution in [0.3, 0.4) is 0 Å². The molecule has 5 heteroatoms. The van der Waals surface area contributed by atoms with Gasteiger partial charge < -0.3 is 15.4 Å². The standard InChI is InChI=1S/C16H17ClN2O2/c1-2-21-13-7-5-6-12(10-13)11-18-16(20)19-15-9-4-3-8-14(15)17/h3-10H,2,11H2,1H3,(H2,18,19,20). The van der Waals surface area contributed by atoms with Crippen LogP contribution in [0.2, 0.25) is 5.02 Å². The number of anilines is 1. The average molecular weight is 305 g/mol. The van der Waals surface area contributed by atoms with Crippen molar-refractivity contribution in [3.8, 4) is 5.75 Å². The molecule has 0 heterocycles. The minimum Gasteiger partial charge on any atom is -0.494 e. The lowest BCUT2D eigenvalue weighted by atomic mass is 10.2. The summed E-state index contributed by atoms with van der Waals surface area (Å²) in [6, 6.07) is 14.4. The first-order chi connectivity index (χ1) is 10.2. The molecule has 2 aromatic rings. The molecule has 21 heavy (non-hydrogen) atoms. The summed E-state index contributed by atoms with van der Waals surface area (Å²) in [6.07, 6.45) is 0. The molecule has 110 valence electrons. The average Bonchev–Trinajstić information content (AvgIpc) is 2.48. The lowest BCUT2D eigenvalue weighted by Gasteiger charge is -2.10. The monoisotopic (exact) mass is 304 g/mol. The number of carbonyl (C=O) groups is 1. The van der Waals surface area contributed by atoms with Gasteiger partial charge in [-0.1, -0.05) is 35.9 Å². The number of halogens is 1. The molecule has 0 unspecified atom stereocenters. The van der Waals surface area contributed by atoms with E-state index >= 15 is 0 Å². The van der Waals surface area contributed by atoms with Crippen molar-refractivity contribution >= 4 is 23.3 Å². The van der Waals surface area contributed by atoms with Crippen LogP contribution < -0.4 is 15.4 Å². The molecule has 0 aliphatic heterocycles. The summed E-state index contributed by atoms with van der Waals surface area (Å²) < 4.78 is 5.42. The summed E-state index contributed by atoms with van der Waals surface area (Å²) in [4.78, 5) is 11.8. The van der Waals surface area contributed by atoms with Crippen LogP contribution in [-0.4, -0.2) is 12.6 Å².